The molecule has 3 N–H and O–H groups in total. The van der Waals surface area contributed by atoms with Crippen molar-refractivity contribution in [3.63, 3.8) is 0 Å². The third-order valence-electron chi connectivity index (χ3n) is 5.04. The quantitative estimate of drug-likeness (QED) is 0.557. The molecule has 1 aliphatic rings. The van der Waals surface area contributed by atoms with E-state index in [0.717, 1.165) is 53.9 Å². The van der Waals surface area contributed by atoms with Gasteiger partial charge in [-0.25, -0.2) is 4.98 Å². The number of nitrogens with zero attached hydrogens (tertiary/aromatic N) is 2. The Balaban J connectivity index is 1.99. The van der Waals surface area contributed by atoms with Gasteiger partial charge in [-0.15, -0.1) is 0 Å². The van der Waals surface area contributed by atoms with E-state index in [1.807, 2.05) is 38.1 Å². The number of amides is 1. The molecule has 5 nitrogen and oxygen atoms in total. The fraction of sp³-hybridized carbons (Fsp3) is 0.400. The lowest BCUT2D eigenvalue weighted by atomic mass is 10.0. The van der Waals surface area contributed by atoms with Gasteiger partial charge in [0.2, 0.25) is 0 Å². The molecule has 7 heteroatoms. The van der Waals surface area contributed by atoms with Gasteiger partial charge in [0.15, 0.2) is 0 Å². The van der Waals surface area contributed by atoms with E-state index in [4.69, 9.17) is 16.7 Å². The summed E-state index contributed by atoms with van der Waals surface area (Å²) in [5.74, 6) is 0.519. The number of anilines is 2. The molecule has 1 aromatic heterocycles. The van der Waals surface area contributed by atoms with Crippen molar-refractivity contribution in [1.29, 1.82) is 0 Å². The first-order valence-corrected chi connectivity index (χ1v) is 10.5. The summed E-state index contributed by atoms with van der Waals surface area (Å²) in [5.41, 5.74) is 3.02. The normalized spacial score (nSPS) is 14.7. The molecule has 1 saturated heterocycles. The monoisotopic (exact) mass is 404 g/mol. The average molecular weight is 405 g/mol. The van der Waals surface area contributed by atoms with Crippen LogP contribution in [-0.2, 0) is 0 Å². The summed E-state index contributed by atoms with van der Waals surface area (Å²) < 4.78 is 0. The van der Waals surface area contributed by atoms with Crippen molar-refractivity contribution >= 4 is 41.0 Å². The first-order chi connectivity index (χ1) is 13.0. The topological polar surface area (TPSA) is 71.2 Å². The van der Waals surface area contributed by atoms with Crippen molar-refractivity contribution in [3.05, 3.63) is 46.1 Å². The van der Waals surface area contributed by atoms with Gasteiger partial charge in [-0.1, -0.05) is 30.5 Å². The Hall–Kier alpha value is -1.76. The van der Waals surface area contributed by atoms with Crippen molar-refractivity contribution in [2.45, 2.75) is 44.4 Å². The second-order valence-corrected chi connectivity index (χ2v) is 7.92. The fourth-order valence-corrected chi connectivity index (χ4v) is 3.94. The summed E-state index contributed by atoms with van der Waals surface area (Å²) in [6.45, 7) is 5.63. The van der Waals surface area contributed by atoms with Gasteiger partial charge >= 0.3 is 0 Å². The van der Waals surface area contributed by atoms with E-state index in [1.165, 1.54) is 12.8 Å². The van der Waals surface area contributed by atoms with E-state index in [9.17, 15) is 4.79 Å². The number of rotatable bonds is 4. The van der Waals surface area contributed by atoms with E-state index >= 15 is 0 Å². The van der Waals surface area contributed by atoms with Gasteiger partial charge in [0, 0.05) is 23.7 Å². The molecule has 0 saturated carbocycles. The average Bonchev–Trinajstić information content (AvgIpc) is 2.95. The molecule has 1 aliphatic heterocycles. The molecule has 1 amide bonds. The molecule has 2 heterocycles. The zero-order chi connectivity index (χ0) is 19.4. The Bertz CT molecular complexity index is 835. The van der Waals surface area contributed by atoms with Gasteiger partial charge in [0.1, 0.15) is 11.0 Å². The third-order valence-corrected chi connectivity index (χ3v) is 5.93. The molecule has 2 aromatic rings. The summed E-state index contributed by atoms with van der Waals surface area (Å²) in [4.78, 5) is 20.9. The largest absolute Gasteiger partial charge is 0.356 e. The number of halogens is 1. The van der Waals surface area contributed by atoms with Crippen molar-refractivity contribution in [2.24, 2.45) is 5.14 Å². The predicted octanol–water partition coefficient (Wildman–Crippen LogP) is 4.95. The molecule has 0 radical (unpaired) electrons. The highest BCUT2D eigenvalue weighted by Crippen LogP contribution is 2.31. The Morgan fingerprint density at radius 2 is 1.89 bits per heavy atom. The molecule has 0 spiro atoms. The van der Waals surface area contributed by atoms with Crippen molar-refractivity contribution < 1.29 is 4.79 Å². The SMILES string of the molecule is Cc1c(Cl)nc(N2CCCCCC2)c(C(=O)Nc2cccc(SN)c2)c1C. The minimum absolute atomic E-state index is 0.168. The zero-order valence-corrected chi connectivity index (χ0v) is 17.3. The first kappa shape index (κ1) is 20.0. The van der Waals surface area contributed by atoms with Crippen molar-refractivity contribution in [2.75, 3.05) is 23.3 Å². The molecular formula is C20H25ClN4OS. The number of hydrogen-bond donors (Lipinski definition) is 2. The van der Waals surface area contributed by atoms with Crippen molar-refractivity contribution in [3.8, 4) is 0 Å². The Morgan fingerprint density at radius 1 is 1.19 bits per heavy atom. The van der Waals surface area contributed by atoms with Crippen LogP contribution in [0.1, 0.15) is 47.2 Å². The number of hydrogen-bond acceptors (Lipinski definition) is 5. The van der Waals surface area contributed by atoms with Crippen LogP contribution in [0.3, 0.4) is 0 Å². The first-order valence-electron chi connectivity index (χ1n) is 9.21. The smallest absolute Gasteiger partial charge is 0.259 e. The number of aromatic nitrogens is 1. The van der Waals surface area contributed by atoms with Gasteiger partial charge in [-0.2, -0.15) is 0 Å². The second-order valence-electron chi connectivity index (χ2n) is 6.85. The maximum Gasteiger partial charge on any atom is 0.259 e. The van der Waals surface area contributed by atoms with E-state index < -0.39 is 0 Å². The Labute approximate surface area is 169 Å². The molecule has 1 fully saturated rings. The highest BCUT2D eigenvalue weighted by atomic mass is 35.5. The molecule has 27 heavy (non-hydrogen) atoms. The number of pyridine rings is 1. The highest BCUT2D eigenvalue weighted by molar-refractivity contribution is 7.97. The second kappa shape index (κ2) is 8.95. The summed E-state index contributed by atoms with van der Waals surface area (Å²) in [6.07, 6.45) is 4.62. The molecule has 0 atom stereocenters. The Morgan fingerprint density at radius 3 is 2.56 bits per heavy atom. The summed E-state index contributed by atoms with van der Waals surface area (Å²) in [6, 6.07) is 7.50. The van der Waals surface area contributed by atoms with Crippen LogP contribution in [0.2, 0.25) is 5.15 Å². The van der Waals surface area contributed by atoms with Gasteiger partial charge < -0.3 is 10.2 Å². The number of nitrogens with one attached hydrogen (secondary N) is 1. The van der Waals surface area contributed by atoms with E-state index in [2.05, 4.69) is 15.2 Å². The zero-order valence-electron chi connectivity index (χ0n) is 15.7. The van der Waals surface area contributed by atoms with E-state index in [0.29, 0.717) is 22.2 Å². The fourth-order valence-electron chi connectivity index (χ4n) is 3.37. The number of carbonyl (C=O) groups excluding carboxylic acids is 1. The molecule has 0 bridgehead atoms. The van der Waals surface area contributed by atoms with Gasteiger partial charge in [0.25, 0.3) is 5.91 Å². The number of carbonyl (C=O) groups is 1. The van der Waals surface area contributed by atoms with Crippen molar-refractivity contribution in [1.82, 2.24) is 4.98 Å². The standard InChI is InChI=1S/C20H25ClN4OS/c1-13-14(2)18(21)24-19(25-10-5-3-4-6-11-25)17(13)20(26)23-15-8-7-9-16(12-15)27-22/h7-9,12H,3-6,10-11,22H2,1-2H3,(H,23,26). The molecular weight excluding hydrogens is 380 g/mol. The number of nitrogens with two attached hydrogens (primary N) is 1. The molecule has 0 aliphatic carbocycles. The van der Waals surface area contributed by atoms with Crippen LogP contribution in [-0.4, -0.2) is 24.0 Å². The summed E-state index contributed by atoms with van der Waals surface area (Å²) >= 11 is 7.52. The lowest BCUT2D eigenvalue weighted by Gasteiger charge is -2.26. The summed E-state index contributed by atoms with van der Waals surface area (Å²) in [5, 5.41) is 9.09. The molecule has 3 rings (SSSR count). The van der Waals surface area contributed by atoms with E-state index in [1.54, 1.807) is 0 Å². The molecule has 1 aromatic carbocycles. The summed E-state index contributed by atoms with van der Waals surface area (Å²) in [7, 11) is 0. The minimum Gasteiger partial charge on any atom is -0.356 e. The van der Waals surface area contributed by atoms with Crippen LogP contribution in [0.25, 0.3) is 0 Å². The molecule has 144 valence electrons. The Kier molecular flexibility index (Phi) is 6.63. The van der Waals surface area contributed by atoms with Crippen LogP contribution in [0, 0.1) is 13.8 Å². The van der Waals surface area contributed by atoms with Crippen LogP contribution < -0.4 is 15.4 Å². The van der Waals surface area contributed by atoms with Crippen LogP contribution in [0.4, 0.5) is 11.5 Å². The third kappa shape index (κ3) is 4.57. The van der Waals surface area contributed by atoms with Gasteiger partial charge in [-0.3, -0.25) is 9.93 Å². The van der Waals surface area contributed by atoms with Crippen LogP contribution >= 0.6 is 23.5 Å². The van der Waals surface area contributed by atoms with E-state index in [-0.39, 0.29) is 5.91 Å². The predicted molar refractivity (Wildman–Crippen MR) is 114 cm³/mol. The minimum atomic E-state index is -0.168. The lowest BCUT2D eigenvalue weighted by molar-refractivity contribution is 0.102. The van der Waals surface area contributed by atoms with Crippen LogP contribution in [0.15, 0.2) is 29.2 Å². The maximum absolute atomic E-state index is 13.2. The molecule has 0 unspecified atom stereocenters. The van der Waals surface area contributed by atoms with Crippen LogP contribution in [0.5, 0.6) is 0 Å². The van der Waals surface area contributed by atoms with Gasteiger partial charge in [-0.05, 0) is 68.0 Å². The number of benzene rings is 1. The van der Waals surface area contributed by atoms with Gasteiger partial charge in [0.05, 0.1) is 5.56 Å². The highest BCUT2D eigenvalue weighted by Gasteiger charge is 2.24. The lowest BCUT2D eigenvalue weighted by Crippen LogP contribution is -2.29. The maximum atomic E-state index is 13.2.